The Morgan fingerprint density at radius 2 is 1.96 bits per heavy atom. The van der Waals surface area contributed by atoms with Crippen molar-refractivity contribution >= 4 is 5.91 Å². The summed E-state index contributed by atoms with van der Waals surface area (Å²) in [7, 11) is 1.61. The van der Waals surface area contributed by atoms with E-state index in [1.807, 2.05) is 29.2 Å². The zero-order chi connectivity index (χ0) is 16.8. The molecule has 0 atom stereocenters. The number of methoxy groups -OCH3 is 1. The van der Waals surface area contributed by atoms with Crippen LogP contribution in [-0.4, -0.2) is 41.1 Å². The molecule has 1 aliphatic rings. The number of aryl methyl sites for hydroxylation is 1. The second-order valence-corrected chi connectivity index (χ2v) is 6.01. The summed E-state index contributed by atoms with van der Waals surface area (Å²) in [6, 6.07) is 7.53. The number of likely N-dealkylation sites (tertiary alicyclic amines) is 1. The zero-order valence-electron chi connectivity index (χ0n) is 14.0. The highest BCUT2D eigenvalue weighted by atomic mass is 16.5. The summed E-state index contributed by atoms with van der Waals surface area (Å²) in [5.41, 5.74) is 0.786. The first-order valence-corrected chi connectivity index (χ1v) is 8.51. The number of ether oxygens (including phenoxy) is 1. The van der Waals surface area contributed by atoms with Crippen LogP contribution in [-0.2, 0) is 11.2 Å². The molecule has 1 aliphatic heterocycles. The minimum atomic E-state index is 0.175. The summed E-state index contributed by atoms with van der Waals surface area (Å²) in [6.07, 6.45) is 5.52. The summed E-state index contributed by atoms with van der Waals surface area (Å²) in [5.74, 6) is 1.85. The maximum Gasteiger partial charge on any atom is 0.227 e. The van der Waals surface area contributed by atoms with Crippen LogP contribution in [0, 0.1) is 0 Å². The first-order chi connectivity index (χ1) is 11.8. The lowest BCUT2D eigenvalue weighted by molar-refractivity contribution is -0.131. The predicted molar refractivity (Wildman–Crippen MR) is 89.7 cm³/mol. The van der Waals surface area contributed by atoms with Crippen LogP contribution in [0.1, 0.15) is 38.0 Å². The summed E-state index contributed by atoms with van der Waals surface area (Å²) in [6.45, 7) is 1.74. The number of rotatable bonds is 5. The highest BCUT2D eigenvalue weighted by molar-refractivity contribution is 5.76. The van der Waals surface area contributed by atoms with Crippen molar-refractivity contribution in [3.63, 3.8) is 0 Å². The van der Waals surface area contributed by atoms with Gasteiger partial charge >= 0.3 is 0 Å². The third-order valence-corrected chi connectivity index (χ3v) is 4.33. The van der Waals surface area contributed by atoms with Crippen LogP contribution in [0.5, 0.6) is 5.75 Å². The van der Waals surface area contributed by atoms with Crippen LogP contribution in [0.4, 0.5) is 0 Å². The van der Waals surface area contributed by atoms with E-state index in [-0.39, 0.29) is 5.91 Å². The van der Waals surface area contributed by atoms with Crippen molar-refractivity contribution < 1.29 is 14.1 Å². The molecular formula is C18H23N3O3. The molecule has 0 aliphatic carbocycles. The number of hydrogen-bond donors (Lipinski definition) is 0. The Bertz CT molecular complexity index is 676. The van der Waals surface area contributed by atoms with E-state index in [0.29, 0.717) is 30.3 Å². The highest BCUT2D eigenvalue weighted by Gasteiger charge is 2.18. The van der Waals surface area contributed by atoms with Gasteiger partial charge in [-0.25, -0.2) is 0 Å². The average molecular weight is 329 g/mol. The van der Waals surface area contributed by atoms with Crippen molar-refractivity contribution in [1.82, 2.24) is 15.0 Å². The van der Waals surface area contributed by atoms with Gasteiger partial charge in [0.2, 0.25) is 17.6 Å². The topological polar surface area (TPSA) is 68.5 Å². The minimum Gasteiger partial charge on any atom is -0.496 e. The van der Waals surface area contributed by atoms with E-state index >= 15 is 0 Å². The van der Waals surface area contributed by atoms with Crippen LogP contribution in [0.3, 0.4) is 0 Å². The second kappa shape index (κ2) is 7.95. The largest absolute Gasteiger partial charge is 0.496 e. The molecule has 1 fully saturated rings. The number of carbonyl (C=O) groups is 1. The van der Waals surface area contributed by atoms with Gasteiger partial charge in [-0.15, -0.1) is 0 Å². The molecule has 0 unspecified atom stereocenters. The summed E-state index contributed by atoms with van der Waals surface area (Å²) in [4.78, 5) is 18.7. The zero-order valence-corrected chi connectivity index (χ0v) is 14.0. The van der Waals surface area contributed by atoms with Crippen LogP contribution >= 0.6 is 0 Å². The van der Waals surface area contributed by atoms with Crippen LogP contribution in [0.15, 0.2) is 28.8 Å². The lowest BCUT2D eigenvalue weighted by atomic mass is 10.2. The third-order valence-electron chi connectivity index (χ3n) is 4.33. The van der Waals surface area contributed by atoms with E-state index in [9.17, 15) is 4.79 Å². The molecule has 0 saturated carbocycles. The van der Waals surface area contributed by atoms with Gasteiger partial charge in [-0.1, -0.05) is 30.1 Å². The van der Waals surface area contributed by atoms with Gasteiger partial charge in [0.15, 0.2) is 0 Å². The van der Waals surface area contributed by atoms with E-state index in [0.717, 1.165) is 31.5 Å². The van der Waals surface area contributed by atoms with E-state index in [1.54, 1.807) is 7.11 Å². The Kier molecular flexibility index (Phi) is 5.46. The molecule has 0 bridgehead atoms. The molecule has 24 heavy (non-hydrogen) atoms. The van der Waals surface area contributed by atoms with Gasteiger partial charge in [-0.05, 0) is 25.0 Å². The van der Waals surface area contributed by atoms with Gasteiger partial charge < -0.3 is 14.2 Å². The predicted octanol–water partition coefficient (Wildman–Crippen LogP) is 3.08. The van der Waals surface area contributed by atoms with Crippen LogP contribution in [0.25, 0.3) is 11.4 Å². The lowest BCUT2D eigenvalue weighted by Gasteiger charge is -2.19. The molecule has 2 aromatic rings. The van der Waals surface area contributed by atoms with Gasteiger partial charge in [0.1, 0.15) is 5.75 Å². The van der Waals surface area contributed by atoms with Crippen LogP contribution < -0.4 is 4.74 Å². The summed E-state index contributed by atoms with van der Waals surface area (Å²) < 4.78 is 10.6. The van der Waals surface area contributed by atoms with Gasteiger partial charge in [0, 0.05) is 25.9 Å². The fraction of sp³-hybridized carbons (Fsp3) is 0.500. The molecule has 1 aromatic carbocycles. The van der Waals surface area contributed by atoms with Crippen molar-refractivity contribution in [2.75, 3.05) is 20.2 Å². The molecule has 2 heterocycles. The van der Waals surface area contributed by atoms with Crippen LogP contribution in [0.2, 0.25) is 0 Å². The Hall–Kier alpha value is -2.37. The van der Waals surface area contributed by atoms with E-state index < -0.39 is 0 Å². The van der Waals surface area contributed by atoms with E-state index in [1.165, 1.54) is 12.8 Å². The molecule has 0 radical (unpaired) electrons. The molecule has 0 spiro atoms. The number of aromatic nitrogens is 2. The fourth-order valence-electron chi connectivity index (χ4n) is 2.99. The molecule has 6 nitrogen and oxygen atoms in total. The molecule has 6 heteroatoms. The maximum atomic E-state index is 12.3. The first-order valence-electron chi connectivity index (χ1n) is 8.51. The van der Waals surface area contributed by atoms with Gasteiger partial charge in [-0.3, -0.25) is 4.79 Å². The Morgan fingerprint density at radius 1 is 1.21 bits per heavy atom. The Labute approximate surface area is 141 Å². The highest BCUT2D eigenvalue weighted by Crippen LogP contribution is 2.27. The third kappa shape index (κ3) is 3.93. The second-order valence-electron chi connectivity index (χ2n) is 6.01. The van der Waals surface area contributed by atoms with Crippen molar-refractivity contribution in [2.45, 2.75) is 38.5 Å². The number of nitrogens with zero attached hydrogens (tertiary/aromatic N) is 3. The first kappa shape index (κ1) is 16.5. The monoisotopic (exact) mass is 329 g/mol. The quantitative estimate of drug-likeness (QED) is 0.843. The fourth-order valence-corrected chi connectivity index (χ4v) is 2.99. The molecule has 3 rings (SSSR count). The standard InChI is InChI=1S/C18H23N3O3/c1-23-15-9-5-4-8-14(15)18-19-16(24-20-18)10-11-17(22)21-12-6-2-3-7-13-21/h4-5,8-9H,2-3,6-7,10-13H2,1H3. The lowest BCUT2D eigenvalue weighted by Crippen LogP contribution is -2.31. The summed E-state index contributed by atoms with van der Waals surface area (Å²) >= 11 is 0. The van der Waals surface area contributed by atoms with Crippen molar-refractivity contribution in [1.29, 1.82) is 0 Å². The van der Waals surface area contributed by atoms with E-state index in [4.69, 9.17) is 9.26 Å². The molecule has 1 aromatic heterocycles. The van der Waals surface area contributed by atoms with Crippen molar-refractivity contribution in [2.24, 2.45) is 0 Å². The molecule has 1 amide bonds. The van der Waals surface area contributed by atoms with Gasteiger partial charge in [0.25, 0.3) is 0 Å². The average Bonchev–Trinajstić information content (AvgIpc) is 2.92. The number of benzene rings is 1. The molecule has 1 saturated heterocycles. The summed E-state index contributed by atoms with van der Waals surface area (Å²) in [5, 5.41) is 4.01. The Morgan fingerprint density at radius 3 is 2.71 bits per heavy atom. The maximum absolute atomic E-state index is 12.3. The number of hydrogen-bond acceptors (Lipinski definition) is 5. The van der Waals surface area contributed by atoms with Crippen molar-refractivity contribution in [3.8, 4) is 17.1 Å². The smallest absolute Gasteiger partial charge is 0.227 e. The van der Waals surface area contributed by atoms with Gasteiger partial charge in [-0.2, -0.15) is 4.98 Å². The van der Waals surface area contributed by atoms with Gasteiger partial charge in [0.05, 0.1) is 12.7 Å². The normalized spacial score (nSPS) is 15.1. The minimum absolute atomic E-state index is 0.175. The number of para-hydroxylation sites is 1. The van der Waals surface area contributed by atoms with E-state index in [2.05, 4.69) is 10.1 Å². The molecule has 0 N–H and O–H groups in total. The van der Waals surface area contributed by atoms with Crippen molar-refractivity contribution in [3.05, 3.63) is 30.2 Å². The Balaban J connectivity index is 1.61. The molecule has 128 valence electrons. The number of amides is 1. The molecular weight excluding hydrogens is 306 g/mol. The SMILES string of the molecule is COc1ccccc1-c1noc(CCC(=O)N2CCCCCC2)n1. The number of carbonyl (C=O) groups excluding carboxylic acids is 1.